The van der Waals surface area contributed by atoms with Crippen LogP contribution in [-0.4, -0.2) is 20.9 Å². The third-order valence-electron chi connectivity index (χ3n) is 4.22. The number of aromatic nitrogens is 2. The van der Waals surface area contributed by atoms with Crippen molar-refractivity contribution in [1.82, 2.24) is 9.97 Å². The van der Waals surface area contributed by atoms with Crippen LogP contribution in [0.25, 0.3) is 22.0 Å². The number of phenolic OH excluding ortho intramolecular Hbond substituents is 1. The molecule has 122 valence electrons. The van der Waals surface area contributed by atoms with E-state index in [2.05, 4.69) is 9.97 Å². The average molecular weight is 328 g/mol. The van der Waals surface area contributed by atoms with Crippen LogP contribution in [0.15, 0.2) is 67.1 Å². The maximum absolute atomic E-state index is 12.8. The Labute approximate surface area is 144 Å². The number of H-pyrrole nitrogens is 1. The van der Waals surface area contributed by atoms with Crippen molar-refractivity contribution >= 4 is 16.7 Å². The van der Waals surface area contributed by atoms with Gasteiger partial charge in [0.25, 0.3) is 0 Å². The van der Waals surface area contributed by atoms with E-state index < -0.39 is 0 Å². The Bertz CT molecular complexity index is 1100. The Morgan fingerprint density at radius 3 is 2.76 bits per heavy atom. The van der Waals surface area contributed by atoms with E-state index in [1.165, 1.54) is 6.07 Å². The second kappa shape index (κ2) is 5.91. The topological polar surface area (TPSA) is 66.0 Å². The fourth-order valence-corrected chi connectivity index (χ4v) is 3.08. The summed E-state index contributed by atoms with van der Waals surface area (Å²) in [7, 11) is 0. The molecule has 0 aliphatic rings. The summed E-state index contributed by atoms with van der Waals surface area (Å²) in [5, 5.41) is 11.2. The van der Waals surface area contributed by atoms with E-state index in [-0.39, 0.29) is 11.5 Å². The molecule has 0 atom stereocenters. The highest BCUT2D eigenvalue weighted by Gasteiger charge is 2.14. The van der Waals surface area contributed by atoms with E-state index in [4.69, 9.17) is 0 Å². The van der Waals surface area contributed by atoms with Crippen LogP contribution in [-0.2, 0) is 0 Å². The Hall–Kier alpha value is -3.40. The molecule has 0 amide bonds. The third-order valence-corrected chi connectivity index (χ3v) is 4.22. The minimum absolute atomic E-state index is 0.0639. The summed E-state index contributed by atoms with van der Waals surface area (Å²) in [5.41, 5.74) is 4.64. The number of fused-ring (bicyclic) bond motifs is 1. The first-order chi connectivity index (χ1) is 12.1. The number of rotatable bonds is 3. The number of hydrogen-bond acceptors (Lipinski definition) is 3. The quantitative estimate of drug-likeness (QED) is 0.545. The van der Waals surface area contributed by atoms with Gasteiger partial charge >= 0.3 is 0 Å². The molecule has 4 nitrogen and oxygen atoms in total. The smallest absolute Gasteiger partial charge is 0.194 e. The summed E-state index contributed by atoms with van der Waals surface area (Å²) in [5.74, 6) is -0.0939. The fourth-order valence-electron chi connectivity index (χ4n) is 3.08. The van der Waals surface area contributed by atoms with Crippen molar-refractivity contribution in [1.29, 1.82) is 0 Å². The lowest BCUT2D eigenvalue weighted by Gasteiger charge is -2.08. The molecule has 2 aromatic carbocycles. The monoisotopic (exact) mass is 328 g/mol. The molecule has 2 aromatic heterocycles. The van der Waals surface area contributed by atoms with Crippen molar-refractivity contribution in [3.05, 3.63) is 83.8 Å². The Balaban J connectivity index is 1.84. The van der Waals surface area contributed by atoms with Crippen molar-refractivity contribution < 1.29 is 9.90 Å². The minimum atomic E-state index is -0.158. The number of carbonyl (C=O) groups is 1. The molecule has 0 radical (unpaired) electrons. The van der Waals surface area contributed by atoms with Crippen LogP contribution in [0.4, 0.5) is 0 Å². The number of hydrogen-bond donors (Lipinski definition) is 2. The number of ketones is 1. The molecule has 0 aliphatic carbocycles. The summed E-state index contributed by atoms with van der Waals surface area (Å²) in [6, 6.07) is 14.7. The number of aryl methyl sites for hydroxylation is 1. The van der Waals surface area contributed by atoms with Gasteiger partial charge in [-0.25, -0.2) is 0 Å². The molecule has 0 bridgehead atoms. The Morgan fingerprint density at radius 1 is 1.04 bits per heavy atom. The van der Waals surface area contributed by atoms with Crippen LogP contribution in [0.3, 0.4) is 0 Å². The summed E-state index contributed by atoms with van der Waals surface area (Å²) in [6.45, 7) is 1.89. The molecule has 0 spiro atoms. The van der Waals surface area contributed by atoms with Gasteiger partial charge in [-0.1, -0.05) is 12.1 Å². The Kier molecular flexibility index (Phi) is 3.58. The van der Waals surface area contributed by atoms with Crippen LogP contribution in [0.2, 0.25) is 0 Å². The molecular formula is C21H16N2O2. The SMILES string of the molecule is Cc1cncc(C(=O)c2cc(O)cc(-c3cccc4[nH]ccc34)c2)c1. The molecule has 0 saturated carbocycles. The number of benzene rings is 2. The van der Waals surface area contributed by atoms with Gasteiger partial charge in [-0.3, -0.25) is 9.78 Å². The van der Waals surface area contributed by atoms with Gasteiger partial charge in [0.2, 0.25) is 0 Å². The van der Waals surface area contributed by atoms with Gasteiger partial charge in [0.15, 0.2) is 5.78 Å². The first kappa shape index (κ1) is 15.1. The molecule has 4 heteroatoms. The van der Waals surface area contributed by atoms with E-state index in [0.29, 0.717) is 11.1 Å². The molecular weight excluding hydrogens is 312 g/mol. The predicted molar refractivity (Wildman–Crippen MR) is 97.8 cm³/mol. The molecule has 4 aromatic rings. The van der Waals surface area contributed by atoms with Gasteiger partial charge in [0, 0.05) is 40.6 Å². The molecule has 2 N–H and O–H groups in total. The molecule has 0 fully saturated rings. The van der Waals surface area contributed by atoms with Crippen molar-refractivity contribution in [2.75, 3.05) is 0 Å². The van der Waals surface area contributed by atoms with Crippen molar-refractivity contribution in [3.8, 4) is 16.9 Å². The standard InChI is InChI=1S/C21H16N2O2/c1-13-7-16(12-22-11-13)21(25)15-8-14(9-17(24)10-15)18-3-2-4-20-19(18)5-6-23-20/h2-12,23-24H,1H3. The highest BCUT2D eigenvalue weighted by Crippen LogP contribution is 2.31. The predicted octanol–water partition coefficient (Wildman–Crippen LogP) is 4.47. The number of nitrogens with zero attached hydrogens (tertiary/aromatic N) is 1. The van der Waals surface area contributed by atoms with Gasteiger partial charge in [-0.05, 0) is 60.0 Å². The van der Waals surface area contributed by atoms with E-state index in [1.807, 2.05) is 43.5 Å². The number of pyridine rings is 1. The maximum atomic E-state index is 12.8. The zero-order valence-electron chi connectivity index (χ0n) is 13.7. The van der Waals surface area contributed by atoms with E-state index in [0.717, 1.165) is 27.6 Å². The second-order valence-electron chi connectivity index (χ2n) is 6.09. The van der Waals surface area contributed by atoms with Crippen LogP contribution in [0.5, 0.6) is 5.75 Å². The van der Waals surface area contributed by atoms with Crippen molar-refractivity contribution in [3.63, 3.8) is 0 Å². The van der Waals surface area contributed by atoms with Gasteiger partial charge in [0.1, 0.15) is 5.75 Å². The first-order valence-electron chi connectivity index (χ1n) is 7.99. The normalized spacial score (nSPS) is 10.9. The summed E-state index contributed by atoms with van der Waals surface area (Å²) in [6.07, 6.45) is 5.13. The number of carbonyl (C=O) groups excluding carboxylic acids is 1. The number of phenols is 1. The lowest BCUT2D eigenvalue weighted by Crippen LogP contribution is -2.02. The number of aromatic hydroxyl groups is 1. The van der Waals surface area contributed by atoms with E-state index in [9.17, 15) is 9.90 Å². The lowest BCUT2D eigenvalue weighted by atomic mass is 9.96. The van der Waals surface area contributed by atoms with Crippen LogP contribution < -0.4 is 0 Å². The van der Waals surface area contributed by atoms with Crippen molar-refractivity contribution in [2.24, 2.45) is 0 Å². The van der Waals surface area contributed by atoms with Gasteiger partial charge < -0.3 is 10.1 Å². The molecule has 0 saturated heterocycles. The summed E-state index contributed by atoms with van der Waals surface area (Å²) < 4.78 is 0. The fraction of sp³-hybridized carbons (Fsp3) is 0.0476. The van der Waals surface area contributed by atoms with E-state index >= 15 is 0 Å². The molecule has 4 rings (SSSR count). The summed E-state index contributed by atoms with van der Waals surface area (Å²) in [4.78, 5) is 20.0. The zero-order valence-corrected chi connectivity index (χ0v) is 13.7. The third kappa shape index (κ3) is 2.78. The minimum Gasteiger partial charge on any atom is -0.508 e. The lowest BCUT2D eigenvalue weighted by molar-refractivity contribution is 0.103. The average Bonchev–Trinajstić information content (AvgIpc) is 3.09. The zero-order chi connectivity index (χ0) is 17.4. The number of aromatic amines is 1. The maximum Gasteiger partial charge on any atom is 0.194 e. The molecule has 2 heterocycles. The number of nitrogens with one attached hydrogen (secondary N) is 1. The summed E-state index contributed by atoms with van der Waals surface area (Å²) >= 11 is 0. The largest absolute Gasteiger partial charge is 0.508 e. The highest BCUT2D eigenvalue weighted by molar-refractivity contribution is 6.10. The molecule has 25 heavy (non-hydrogen) atoms. The van der Waals surface area contributed by atoms with Gasteiger partial charge in [-0.15, -0.1) is 0 Å². The Morgan fingerprint density at radius 2 is 1.92 bits per heavy atom. The van der Waals surface area contributed by atoms with E-state index in [1.54, 1.807) is 24.5 Å². The second-order valence-corrected chi connectivity index (χ2v) is 6.09. The van der Waals surface area contributed by atoms with Crippen molar-refractivity contribution in [2.45, 2.75) is 6.92 Å². The van der Waals surface area contributed by atoms with Crippen LogP contribution >= 0.6 is 0 Å². The highest BCUT2D eigenvalue weighted by atomic mass is 16.3. The van der Waals surface area contributed by atoms with Gasteiger partial charge in [0.05, 0.1) is 0 Å². The van der Waals surface area contributed by atoms with Crippen LogP contribution in [0, 0.1) is 6.92 Å². The van der Waals surface area contributed by atoms with Gasteiger partial charge in [-0.2, -0.15) is 0 Å². The molecule has 0 aliphatic heterocycles. The first-order valence-corrected chi connectivity index (χ1v) is 7.99. The van der Waals surface area contributed by atoms with Crippen LogP contribution in [0.1, 0.15) is 21.5 Å². The molecule has 0 unspecified atom stereocenters.